The number of amides is 1. The Hall–Kier alpha value is -1.91. The van der Waals surface area contributed by atoms with Gasteiger partial charge in [-0.15, -0.1) is 0 Å². The highest BCUT2D eigenvalue weighted by molar-refractivity contribution is 6.30. The van der Waals surface area contributed by atoms with Crippen molar-refractivity contribution in [3.63, 3.8) is 0 Å². The molecule has 1 amide bonds. The quantitative estimate of drug-likeness (QED) is 0.868. The molecule has 4 nitrogen and oxygen atoms in total. The normalized spacial score (nSPS) is 12.2. The van der Waals surface area contributed by atoms with E-state index in [9.17, 15) is 4.79 Å². The molecule has 0 spiro atoms. The highest BCUT2D eigenvalue weighted by atomic mass is 35.5. The number of aryl methyl sites for hydroxylation is 1. The standard InChI is InChI=1S/C18H22ClN3O/c1-4-16(14-8-10-15(19)11-9-14)22(3)12-18(23)21-17-7-5-6-13(2)20-17/h5-11,16H,4,12H2,1-3H3,(H,20,21,23). The van der Waals surface area contributed by atoms with E-state index in [2.05, 4.69) is 17.2 Å². The van der Waals surface area contributed by atoms with Crippen LogP contribution in [0.5, 0.6) is 0 Å². The van der Waals surface area contributed by atoms with Gasteiger partial charge < -0.3 is 5.32 Å². The lowest BCUT2D eigenvalue weighted by Crippen LogP contribution is -2.33. The van der Waals surface area contributed by atoms with Crippen molar-refractivity contribution in [3.8, 4) is 0 Å². The van der Waals surface area contributed by atoms with E-state index < -0.39 is 0 Å². The van der Waals surface area contributed by atoms with Crippen LogP contribution in [0.1, 0.15) is 30.6 Å². The summed E-state index contributed by atoms with van der Waals surface area (Å²) in [6.07, 6.45) is 0.911. The summed E-state index contributed by atoms with van der Waals surface area (Å²) >= 11 is 5.94. The Balaban J connectivity index is 1.99. The molecule has 23 heavy (non-hydrogen) atoms. The third-order valence-electron chi connectivity index (χ3n) is 3.72. The molecule has 0 fully saturated rings. The molecule has 1 aromatic heterocycles. The number of aromatic nitrogens is 1. The van der Waals surface area contributed by atoms with E-state index >= 15 is 0 Å². The molecule has 1 atom stereocenters. The highest BCUT2D eigenvalue weighted by Crippen LogP contribution is 2.24. The molecule has 1 aromatic carbocycles. The number of halogens is 1. The van der Waals surface area contributed by atoms with Gasteiger partial charge in [-0.05, 0) is 50.2 Å². The van der Waals surface area contributed by atoms with Gasteiger partial charge in [-0.25, -0.2) is 4.98 Å². The van der Waals surface area contributed by atoms with E-state index in [1.807, 2.05) is 55.3 Å². The average Bonchev–Trinajstić information content (AvgIpc) is 2.49. The SMILES string of the molecule is CCC(c1ccc(Cl)cc1)N(C)CC(=O)Nc1cccc(C)n1. The van der Waals surface area contributed by atoms with Gasteiger partial charge in [-0.3, -0.25) is 9.69 Å². The Morgan fingerprint density at radius 2 is 1.96 bits per heavy atom. The molecule has 0 aliphatic heterocycles. The summed E-state index contributed by atoms with van der Waals surface area (Å²) in [5.41, 5.74) is 2.03. The van der Waals surface area contributed by atoms with Crippen LogP contribution in [-0.4, -0.2) is 29.4 Å². The van der Waals surface area contributed by atoms with E-state index in [1.165, 1.54) is 0 Å². The molecule has 2 aromatic rings. The Bertz CT molecular complexity index is 658. The van der Waals surface area contributed by atoms with Crippen molar-refractivity contribution in [1.29, 1.82) is 0 Å². The third kappa shape index (κ3) is 5.05. The topological polar surface area (TPSA) is 45.2 Å². The summed E-state index contributed by atoms with van der Waals surface area (Å²) in [5.74, 6) is 0.515. The minimum Gasteiger partial charge on any atom is -0.310 e. The molecule has 0 saturated carbocycles. The Kier molecular flexibility index (Phi) is 6.13. The first-order valence-electron chi connectivity index (χ1n) is 7.68. The molecule has 0 radical (unpaired) electrons. The first-order valence-corrected chi connectivity index (χ1v) is 8.06. The van der Waals surface area contributed by atoms with Crippen molar-refractivity contribution < 1.29 is 4.79 Å². The van der Waals surface area contributed by atoms with Crippen LogP contribution in [0.15, 0.2) is 42.5 Å². The van der Waals surface area contributed by atoms with Crippen LogP contribution in [0, 0.1) is 6.92 Å². The average molecular weight is 332 g/mol. The van der Waals surface area contributed by atoms with E-state index in [4.69, 9.17) is 11.6 Å². The summed E-state index contributed by atoms with van der Waals surface area (Å²) in [4.78, 5) is 18.6. The Labute approximate surface area is 142 Å². The van der Waals surface area contributed by atoms with Gasteiger partial charge in [0.05, 0.1) is 6.54 Å². The van der Waals surface area contributed by atoms with Crippen molar-refractivity contribution in [2.45, 2.75) is 26.3 Å². The van der Waals surface area contributed by atoms with Gasteiger partial charge in [0.1, 0.15) is 5.82 Å². The van der Waals surface area contributed by atoms with Gasteiger partial charge in [-0.1, -0.05) is 36.7 Å². The van der Waals surface area contributed by atoms with E-state index in [0.717, 1.165) is 22.7 Å². The molecule has 122 valence electrons. The van der Waals surface area contributed by atoms with Crippen molar-refractivity contribution in [2.24, 2.45) is 0 Å². The molecule has 1 N–H and O–H groups in total. The second kappa shape index (κ2) is 8.09. The largest absolute Gasteiger partial charge is 0.310 e. The molecule has 0 aliphatic rings. The molecular formula is C18H22ClN3O. The molecule has 2 rings (SSSR count). The second-order valence-corrected chi connectivity index (χ2v) is 6.04. The second-order valence-electron chi connectivity index (χ2n) is 5.60. The van der Waals surface area contributed by atoms with Crippen LogP contribution < -0.4 is 5.32 Å². The lowest BCUT2D eigenvalue weighted by atomic mass is 10.0. The fraction of sp³-hybridized carbons (Fsp3) is 0.333. The van der Waals surface area contributed by atoms with Crippen LogP contribution in [0.3, 0.4) is 0 Å². The van der Waals surface area contributed by atoms with Gasteiger partial charge in [-0.2, -0.15) is 0 Å². The zero-order valence-corrected chi connectivity index (χ0v) is 14.5. The maximum Gasteiger partial charge on any atom is 0.239 e. The van der Waals surface area contributed by atoms with Crippen molar-refractivity contribution in [1.82, 2.24) is 9.88 Å². The van der Waals surface area contributed by atoms with Crippen LogP contribution in [0.25, 0.3) is 0 Å². The first-order chi connectivity index (χ1) is 11.0. The molecule has 1 unspecified atom stereocenters. The Morgan fingerprint density at radius 3 is 2.57 bits per heavy atom. The Morgan fingerprint density at radius 1 is 1.26 bits per heavy atom. The predicted octanol–water partition coefficient (Wildman–Crippen LogP) is 4.07. The zero-order valence-electron chi connectivity index (χ0n) is 13.7. The minimum atomic E-state index is -0.0713. The summed E-state index contributed by atoms with van der Waals surface area (Å²) in [7, 11) is 1.95. The lowest BCUT2D eigenvalue weighted by Gasteiger charge is -2.27. The monoisotopic (exact) mass is 331 g/mol. The number of likely N-dealkylation sites (N-methyl/N-ethyl adjacent to an activating group) is 1. The first kappa shape index (κ1) is 17.4. The van der Waals surface area contributed by atoms with Crippen molar-refractivity contribution in [3.05, 3.63) is 58.7 Å². The van der Waals surface area contributed by atoms with Crippen LogP contribution in [0.4, 0.5) is 5.82 Å². The number of hydrogen-bond donors (Lipinski definition) is 1. The van der Waals surface area contributed by atoms with E-state index in [0.29, 0.717) is 12.4 Å². The number of pyridine rings is 1. The summed E-state index contributed by atoms with van der Waals surface area (Å²) in [6.45, 7) is 4.31. The summed E-state index contributed by atoms with van der Waals surface area (Å²) in [5, 5.41) is 3.56. The summed E-state index contributed by atoms with van der Waals surface area (Å²) < 4.78 is 0. The van der Waals surface area contributed by atoms with Crippen molar-refractivity contribution >= 4 is 23.3 Å². The molecule has 5 heteroatoms. The number of carbonyl (C=O) groups is 1. The number of rotatable bonds is 6. The van der Waals surface area contributed by atoms with Crippen LogP contribution in [0.2, 0.25) is 5.02 Å². The van der Waals surface area contributed by atoms with Crippen LogP contribution >= 0.6 is 11.6 Å². The zero-order chi connectivity index (χ0) is 16.8. The fourth-order valence-corrected chi connectivity index (χ4v) is 2.74. The number of anilines is 1. The van der Waals surface area contributed by atoms with Gasteiger partial charge in [0.15, 0.2) is 0 Å². The summed E-state index contributed by atoms with van der Waals surface area (Å²) in [6, 6.07) is 13.5. The predicted molar refractivity (Wildman–Crippen MR) is 94.7 cm³/mol. The van der Waals surface area contributed by atoms with E-state index in [-0.39, 0.29) is 11.9 Å². The maximum atomic E-state index is 12.2. The molecule has 1 heterocycles. The van der Waals surface area contributed by atoms with Gasteiger partial charge in [0.2, 0.25) is 5.91 Å². The van der Waals surface area contributed by atoms with Gasteiger partial charge >= 0.3 is 0 Å². The number of nitrogens with zero attached hydrogens (tertiary/aromatic N) is 2. The third-order valence-corrected chi connectivity index (χ3v) is 3.97. The minimum absolute atomic E-state index is 0.0713. The highest BCUT2D eigenvalue weighted by Gasteiger charge is 2.18. The lowest BCUT2D eigenvalue weighted by molar-refractivity contribution is -0.117. The fourth-order valence-electron chi connectivity index (χ4n) is 2.62. The number of nitrogens with one attached hydrogen (secondary N) is 1. The van der Waals surface area contributed by atoms with Crippen LogP contribution in [-0.2, 0) is 4.79 Å². The number of carbonyl (C=O) groups excluding carboxylic acids is 1. The maximum absolute atomic E-state index is 12.2. The van der Waals surface area contributed by atoms with Gasteiger partial charge in [0, 0.05) is 16.8 Å². The smallest absolute Gasteiger partial charge is 0.239 e. The van der Waals surface area contributed by atoms with Gasteiger partial charge in [0.25, 0.3) is 0 Å². The molecule has 0 aliphatic carbocycles. The number of benzene rings is 1. The molecule has 0 bridgehead atoms. The van der Waals surface area contributed by atoms with Crippen molar-refractivity contribution in [2.75, 3.05) is 18.9 Å². The molecule has 0 saturated heterocycles. The van der Waals surface area contributed by atoms with E-state index in [1.54, 1.807) is 6.07 Å². The number of hydrogen-bond acceptors (Lipinski definition) is 3. The molecular weight excluding hydrogens is 310 g/mol.